The van der Waals surface area contributed by atoms with Crippen LogP contribution in [-0.2, 0) is 4.84 Å². The number of ether oxygens (including phenoxy) is 2. The van der Waals surface area contributed by atoms with Crippen molar-refractivity contribution >= 4 is 40.5 Å². The van der Waals surface area contributed by atoms with E-state index in [9.17, 15) is 9.18 Å². The van der Waals surface area contributed by atoms with E-state index in [1.54, 1.807) is 30.3 Å². The molecule has 1 amide bonds. The Morgan fingerprint density at radius 2 is 1.91 bits per heavy atom. The molecule has 2 heterocycles. The summed E-state index contributed by atoms with van der Waals surface area (Å²) >= 11 is 12.2. The summed E-state index contributed by atoms with van der Waals surface area (Å²) in [5.74, 6) is 0.0427. The standard InChI is InChI=1S/C25H22Cl2FN3O4/c1-3-33-21-8-7-16(24(32)30-23-18(26)12-29-13-19(23)27)10-22(21)34-14-25(2)11-20(31-35-25)15-5-4-6-17(28)9-15/h4-10,12-13H,3,11,14H2,1-2H3,(H,29,30,32). The van der Waals surface area contributed by atoms with Gasteiger partial charge in [-0.25, -0.2) is 4.39 Å². The van der Waals surface area contributed by atoms with Gasteiger partial charge >= 0.3 is 0 Å². The summed E-state index contributed by atoms with van der Waals surface area (Å²) in [4.78, 5) is 22.4. The third-order valence-electron chi connectivity index (χ3n) is 5.21. The molecule has 1 unspecified atom stereocenters. The molecule has 0 spiro atoms. The number of carbonyl (C=O) groups is 1. The molecule has 3 aromatic rings. The number of hydrogen-bond acceptors (Lipinski definition) is 6. The quantitative estimate of drug-likeness (QED) is 0.388. The molecule has 0 radical (unpaired) electrons. The Morgan fingerprint density at radius 3 is 2.63 bits per heavy atom. The van der Waals surface area contributed by atoms with E-state index in [0.717, 1.165) is 0 Å². The van der Waals surface area contributed by atoms with E-state index < -0.39 is 11.5 Å². The van der Waals surface area contributed by atoms with Crippen LogP contribution >= 0.6 is 23.2 Å². The lowest BCUT2D eigenvalue weighted by atomic mass is 9.96. The van der Waals surface area contributed by atoms with Gasteiger partial charge in [-0.3, -0.25) is 9.78 Å². The molecule has 35 heavy (non-hydrogen) atoms. The maximum absolute atomic E-state index is 13.6. The molecule has 0 saturated heterocycles. The van der Waals surface area contributed by atoms with Crippen molar-refractivity contribution in [2.75, 3.05) is 18.5 Å². The Labute approximate surface area is 211 Å². The first-order valence-corrected chi connectivity index (χ1v) is 11.5. The number of rotatable bonds is 8. The normalized spacial score (nSPS) is 16.9. The summed E-state index contributed by atoms with van der Waals surface area (Å²) < 4.78 is 25.3. The van der Waals surface area contributed by atoms with Crippen LogP contribution in [0, 0.1) is 5.82 Å². The number of hydrogen-bond donors (Lipinski definition) is 1. The van der Waals surface area contributed by atoms with Gasteiger partial charge in [0.05, 0.1) is 28.1 Å². The van der Waals surface area contributed by atoms with Crippen molar-refractivity contribution in [1.29, 1.82) is 0 Å². The van der Waals surface area contributed by atoms with Crippen molar-refractivity contribution < 1.29 is 23.5 Å². The van der Waals surface area contributed by atoms with Crippen LogP contribution in [0.15, 0.2) is 60.0 Å². The zero-order valence-electron chi connectivity index (χ0n) is 19.0. The van der Waals surface area contributed by atoms with Crippen LogP contribution < -0.4 is 14.8 Å². The fourth-order valence-electron chi connectivity index (χ4n) is 3.47. The van der Waals surface area contributed by atoms with Crippen LogP contribution in [0.5, 0.6) is 11.5 Å². The second-order valence-electron chi connectivity index (χ2n) is 8.08. The number of aromatic nitrogens is 1. The summed E-state index contributed by atoms with van der Waals surface area (Å²) in [7, 11) is 0. The van der Waals surface area contributed by atoms with Crippen LogP contribution in [0.4, 0.5) is 10.1 Å². The molecule has 0 saturated carbocycles. The highest BCUT2D eigenvalue weighted by molar-refractivity contribution is 6.39. The van der Waals surface area contributed by atoms with Crippen molar-refractivity contribution in [3.05, 3.63) is 81.8 Å². The molecule has 2 aromatic carbocycles. The van der Waals surface area contributed by atoms with Gasteiger partial charge in [0, 0.05) is 29.9 Å². The molecule has 1 aliphatic rings. The summed E-state index contributed by atoms with van der Waals surface area (Å²) in [5, 5.41) is 7.25. The first-order valence-electron chi connectivity index (χ1n) is 10.8. The van der Waals surface area contributed by atoms with Crippen molar-refractivity contribution in [3.8, 4) is 11.5 Å². The summed E-state index contributed by atoms with van der Waals surface area (Å²) in [6.45, 7) is 4.21. The lowest BCUT2D eigenvalue weighted by molar-refractivity contribution is -0.0361. The van der Waals surface area contributed by atoms with Crippen LogP contribution in [-0.4, -0.2) is 35.4 Å². The van der Waals surface area contributed by atoms with E-state index >= 15 is 0 Å². The summed E-state index contributed by atoms with van der Waals surface area (Å²) in [6.07, 6.45) is 3.19. The van der Waals surface area contributed by atoms with Gasteiger partial charge in [-0.2, -0.15) is 0 Å². The average molecular weight is 518 g/mol. The van der Waals surface area contributed by atoms with E-state index in [4.69, 9.17) is 37.5 Å². The Kier molecular flexibility index (Phi) is 7.42. The van der Waals surface area contributed by atoms with Gasteiger partial charge in [0.25, 0.3) is 5.91 Å². The SMILES string of the molecule is CCOc1ccc(C(=O)Nc2c(Cl)cncc2Cl)cc1OCC1(C)CC(c2cccc(F)c2)=NO1. The Bertz CT molecular complexity index is 1270. The summed E-state index contributed by atoms with van der Waals surface area (Å²) in [6, 6.07) is 11.0. The fourth-order valence-corrected chi connectivity index (χ4v) is 3.93. The second kappa shape index (κ2) is 10.5. The van der Waals surface area contributed by atoms with Gasteiger partial charge in [0.15, 0.2) is 17.1 Å². The van der Waals surface area contributed by atoms with Gasteiger partial charge < -0.3 is 19.6 Å². The van der Waals surface area contributed by atoms with E-state index in [1.807, 2.05) is 13.8 Å². The predicted molar refractivity (Wildman–Crippen MR) is 132 cm³/mol. The third kappa shape index (κ3) is 5.83. The van der Waals surface area contributed by atoms with Gasteiger partial charge in [-0.05, 0) is 44.2 Å². The molecule has 0 fully saturated rings. The van der Waals surface area contributed by atoms with Gasteiger partial charge in [0.2, 0.25) is 0 Å². The van der Waals surface area contributed by atoms with Crippen LogP contribution in [0.3, 0.4) is 0 Å². The number of pyridine rings is 1. The molecule has 1 atom stereocenters. The van der Waals surface area contributed by atoms with Crippen molar-refractivity contribution in [3.63, 3.8) is 0 Å². The van der Waals surface area contributed by atoms with Gasteiger partial charge in [-0.1, -0.05) is 40.5 Å². The Morgan fingerprint density at radius 1 is 1.14 bits per heavy atom. The van der Waals surface area contributed by atoms with Gasteiger partial charge in [0.1, 0.15) is 12.4 Å². The zero-order chi connectivity index (χ0) is 25.0. The number of nitrogens with one attached hydrogen (secondary N) is 1. The summed E-state index contributed by atoms with van der Waals surface area (Å²) in [5.41, 5.74) is 1.05. The maximum Gasteiger partial charge on any atom is 0.255 e. The molecule has 4 rings (SSSR count). The molecule has 10 heteroatoms. The predicted octanol–water partition coefficient (Wildman–Crippen LogP) is 6.14. The number of carbonyl (C=O) groups excluding carboxylic acids is 1. The molecule has 182 valence electrons. The maximum atomic E-state index is 13.6. The second-order valence-corrected chi connectivity index (χ2v) is 8.90. The number of benzene rings is 2. The fraction of sp³-hybridized carbons (Fsp3) is 0.240. The number of oxime groups is 1. The smallest absolute Gasteiger partial charge is 0.255 e. The number of amides is 1. The first kappa shape index (κ1) is 24.8. The topological polar surface area (TPSA) is 82.0 Å². The van der Waals surface area contributed by atoms with Crippen LogP contribution in [0.25, 0.3) is 0 Å². The molecule has 7 nitrogen and oxygen atoms in total. The van der Waals surface area contributed by atoms with Gasteiger partial charge in [-0.15, -0.1) is 0 Å². The highest BCUT2D eigenvalue weighted by Gasteiger charge is 2.36. The molecule has 1 aromatic heterocycles. The van der Waals surface area contributed by atoms with E-state index in [-0.39, 0.29) is 28.2 Å². The Hall–Kier alpha value is -3.36. The highest BCUT2D eigenvalue weighted by Crippen LogP contribution is 2.34. The van der Waals surface area contributed by atoms with E-state index in [1.165, 1.54) is 24.5 Å². The number of anilines is 1. The molecule has 1 N–H and O–H groups in total. The zero-order valence-corrected chi connectivity index (χ0v) is 20.5. The lowest BCUT2D eigenvalue weighted by Crippen LogP contribution is -2.33. The average Bonchev–Trinajstić information content (AvgIpc) is 3.23. The highest BCUT2D eigenvalue weighted by atomic mass is 35.5. The monoisotopic (exact) mass is 517 g/mol. The molecular formula is C25H22Cl2FN3O4. The van der Waals surface area contributed by atoms with Crippen molar-refractivity contribution in [2.24, 2.45) is 5.16 Å². The third-order valence-corrected chi connectivity index (χ3v) is 5.78. The molecule has 1 aliphatic heterocycles. The number of halogens is 3. The molecule has 0 bridgehead atoms. The minimum absolute atomic E-state index is 0.114. The van der Waals surface area contributed by atoms with Crippen LogP contribution in [0.2, 0.25) is 10.0 Å². The van der Waals surface area contributed by atoms with E-state index in [0.29, 0.717) is 41.4 Å². The van der Waals surface area contributed by atoms with Crippen molar-refractivity contribution in [2.45, 2.75) is 25.9 Å². The molecule has 0 aliphatic carbocycles. The minimum atomic E-state index is -0.790. The minimum Gasteiger partial charge on any atom is -0.490 e. The molecular weight excluding hydrogens is 496 g/mol. The van der Waals surface area contributed by atoms with Crippen LogP contribution in [0.1, 0.15) is 36.2 Å². The number of nitrogens with zero attached hydrogens (tertiary/aromatic N) is 2. The van der Waals surface area contributed by atoms with E-state index in [2.05, 4.69) is 15.5 Å². The lowest BCUT2D eigenvalue weighted by Gasteiger charge is -2.23. The Balaban J connectivity index is 1.49. The van der Waals surface area contributed by atoms with Crippen molar-refractivity contribution in [1.82, 2.24) is 4.98 Å². The largest absolute Gasteiger partial charge is 0.490 e. The first-order chi connectivity index (χ1) is 16.8.